The van der Waals surface area contributed by atoms with E-state index < -0.39 is 0 Å². The van der Waals surface area contributed by atoms with E-state index in [2.05, 4.69) is 4.98 Å². The quantitative estimate of drug-likeness (QED) is 0.678. The monoisotopic (exact) mass is 224 g/mol. The fourth-order valence-electron chi connectivity index (χ4n) is 2.08. The van der Waals surface area contributed by atoms with Gasteiger partial charge >= 0.3 is 5.69 Å². The molecular formula is C14H12N2O. The summed E-state index contributed by atoms with van der Waals surface area (Å²) in [4.78, 5) is 14.8. The number of nitrogens with zero attached hydrogens (tertiary/aromatic N) is 1. The Bertz CT molecular complexity index is 737. The first-order chi connectivity index (χ1) is 8.25. The summed E-state index contributed by atoms with van der Waals surface area (Å²) >= 11 is 0. The molecule has 2 aromatic carbocycles. The molecule has 0 aliphatic carbocycles. The third kappa shape index (κ3) is 1.56. The van der Waals surface area contributed by atoms with Crippen LogP contribution in [0.3, 0.4) is 0 Å². The van der Waals surface area contributed by atoms with E-state index >= 15 is 0 Å². The molecule has 3 heteroatoms. The van der Waals surface area contributed by atoms with Crippen molar-refractivity contribution in [3.05, 3.63) is 64.6 Å². The van der Waals surface area contributed by atoms with Crippen LogP contribution in [0.5, 0.6) is 0 Å². The lowest BCUT2D eigenvalue weighted by molar-refractivity contribution is 1.01. The molecule has 0 bridgehead atoms. The Morgan fingerprint density at radius 3 is 2.71 bits per heavy atom. The van der Waals surface area contributed by atoms with Gasteiger partial charge in [0, 0.05) is 0 Å². The molecule has 0 aliphatic heterocycles. The smallest absolute Gasteiger partial charge is 0.305 e. The number of fused-ring (bicyclic) bond motifs is 1. The summed E-state index contributed by atoms with van der Waals surface area (Å²) in [6.45, 7) is 2.02. The van der Waals surface area contributed by atoms with E-state index in [1.807, 2.05) is 55.5 Å². The van der Waals surface area contributed by atoms with Crippen molar-refractivity contribution in [1.82, 2.24) is 9.55 Å². The van der Waals surface area contributed by atoms with Crippen LogP contribution >= 0.6 is 0 Å². The predicted molar refractivity (Wildman–Crippen MR) is 68.6 cm³/mol. The van der Waals surface area contributed by atoms with Gasteiger partial charge in [-0.25, -0.2) is 4.79 Å². The largest absolute Gasteiger partial charge is 0.331 e. The van der Waals surface area contributed by atoms with Crippen LogP contribution in [0.2, 0.25) is 0 Å². The molecule has 17 heavy (non-hydrogen) atoms. The normalized spacial score (nSPS) is 10.9. The topological polar surface area (TPSA) is 37.8 Å². The minimum absolute atomic E-state index is 0.100. The Hall–Kier alpha value is -2.29. The number of nitrogens with one attached hydrogen (secondary N) is 1. The fourth-order valence-corrected chi connectivity index (χ4v) is 2.08. The molecule has 3 nitrogen and oxygen atoms in total. The van der Waals surface area contributed by atoms with Crippen LogP contribution in [0.1, 0.15) is 5.56 Å². The number of aryl methyl sites for hydroxylation is 1. The number of hydrogen-bond donors (Lipinski definition) is 1. The van der Waals surface area contributed by atoms with Crippen molar-refractivity contribution in [2.45, 2.75) is 6.92 Å². The van der Waals surface area contributed by atoms with Gasteiger partial charge in [-0.15, -0.1) is 0 Å². The van der Waals surface area contributed by atoms with E-state index in [1.54, 1.807) is 4.57 Å². The molecule has 3 rings (SSSR count). The lowest BCUT2D eigenvalue weighted by Crippen LogP contribution is -2.14. The highest BCUT2D eigenvalue weighted by Gasteiger charge is 2.07. The van der Waals surface area contributed by atoms with Gasteiger partial charge in [0.15, 0.2) is 0 Å². The van der Waals surface area contributed by atoms with Crippen molar-refractivity contribution < 1.29 is 0 Å². The van der Waals surface area contributed by atoms with Gasteiger partial charge in [0.1, 0.15) is 0 Å². The number of para-hydroxylation sites is 2. The number of aromatic nitrogens is 2. The molecular weight excluding hydrogens is 212 g/mol. The molecule has 0 saturated carbocycles. The van der Waals surface area contributed by atoms with Crippen LogP contribution in [-0.4, -0.2) is 9.55 Å². The first-order valence-electron chi connectivity index (χ1n) is 5.52. The molecule has 0 saturated heterocycles. The van der Waals surface area contributed by atoms with E-state index in [0.717, 1.165) is 22.3 Å². The van der Waals surface area contributed by atoms with Crippen molar-refractivity contribution in [1.29, 1.82) is 0 Å². The van der Waals surface area contributed by atoms with Gasteiger partial charge in [-0.05, 0) is 36.8 Å². The molecule has 0 aliphatic rings. The molecule has 0 radical (unpaired) electrons. The number of aromatic amines is 1. The maximum Gasteiger partial charge on any atom is 0.331 e. The average Bonchev–Trinajstić information content (AvgIpc) is 2.64. The van der Waals surface area contributed by atoms with Crippen molar-refractivity contribution in [3.63, 3.8) is 0 Å². The third-order valence-electron chi connectivity index (χ3n) is 2.85. The van der Waals surface area contributed by atoms with E-state index in [1.165, 1.54) is 0 Å². The van der Waals surface area contributed by atoms with Crippen LogP contribution in [0, 0.1) is 6.92 Å². The minimum atomic E-state index is -0.100. The standard InChI is InChI=1S/C14H12N2O/c1-10-5-4-6-11(9-10)16-13-8-3-2-7-12(13)15-14(16)17/h2-9H,1H3,(H,15,17). The number of rotatable bonds is 1. The maximum atomic E-state index is 12.0. The summed E-state index contributed by atoms with van der Waals surface area (Å²) in [5.74, 6) is 0. The summed E-state index contributed by atoms with van der Waals surface area (Å²) < 4.78 is 1.70. The molecule has 84 valence electrons. The summed E-state index contributed by atoms with van der Waals surface area (Å²) in [6, 6.07) is 15.6. The highest BCUT2D eigenvalue weighted by Crippen LogP contribution is 2.15. The fraction of sp³-hybridized carbons (Fsp3) is 0.0714. The molecule has 0 amide bonds. The minimum Gasteiger partial charge on any atom is -0.305 e. The Morgan fingerprint density at radius 2 is 1.88 bits per heavy atom. The third-order valence-corrected chi connectivity index (χ3v) is 2.85. The second kappa shape index (κ2) is 3.63. The van der Waals surface area contributed by atoms with Crippen LogP contribution in [0.25, 0.3) is 16.7 Å². The van der Waals surface area contributed by atoms with Gasteiger partial charge in [0.05, 0.1) is 16.7 Å². The molecule has 3 aromatic rings. The highest BCUT2D eigenvalue weighted by atomic mass is 16.1. The zero-order chi connectivity index (χ0) is 11.8. The van der Waals surface area contributed by atoms with Gasteiger partial charge in [0.25, 0.3) is 0 Å². The molecule has 0 unspecified atom stereocenters. The second-order valence-electron chi connectivity index (χ2n) is 4.12. The van der Waals surface area contributed by atoms with Crippen LogP contribution in [-0.2, 0) is 0 Å². The summed E-state index contributed by atoms with van der Waals surface area (Å²) in [6.07, 6.45) is 0. The Labute approximate surface area is 98.3 Å². The van der Waals surface area contributed by atoms with E-state index in [-0.39, 0.29) is 5.69 Å². The predicted octanol–water partition coefficient (Wildman–Crippen LogP) is 2.63. The van der Waals surface area contributed by atoms with Gasteiger partial charge in [0.2, 0.25) is 0 Å². The van der Waals surface area contributed by atoms with Gasteiger partial charge in [-0.3, -0.25) is 4.57 Å². The molecule has 0 atom stereocenters. The molecule has 0 spiro atoms. The van der Waals surface area contributed by atoms with Crippen molar-refractivity contribution in [3.8, 4) is 5.69 Å². The van der Waals surface area contributed by atoms with E-state index in [9.17, 15) is 4.79 Å². The first-order valence-corrected chi connectivity index (χ1v) is 5.52. The lowest BCUT2D eigenvalue weighted by Gasteiger charge is -2.03. The van der Waals surface area contributed by atoms with Crippen molar-refractivity contribution in [2.75, 3.05) is 0 Å². The van der Waals surface area contributed by atoms with Crippen LogP contribution < -0.4 is 5.69 Å². The molecule has 1 N–H and O–H groups in total. The van der Waals surface area contributed by atoms with Crippen LogP contribution in [0.4, 0.5) is 0 Å². The zero-order valence-electron chi connectivity index (χ0n) is 9.47. The first kappa shape index (κ1) is 9.90. The number of benzene rings is 2. The van der Waals surface area contributed by atoms with Crippen molar-refractivity contribution in [2.24, 2.45) is 0 Å². The van der Waals surface area contributed by atoms with E-state index in [4.69, 9.17) is 0 Å². The SMILES string of the molecule is Cc1cccc(-n2c(=O)[nH]c3ccccc32)c1. The van der Waals surface area contributed by atoms with Crippen molar-refractivity contribution >= 4 is 11.0 Å². The number of H-pyrrole nitrogens is 1. The second-order valence-corrected chi connectivity index (χ2v) is 4.12. The highest BCUT2D eigenvalue weighted by molar-refractivity contribution is 5.77. The van der Waals surface area contributed by atoms with Gasteiger partial charge in [-0.1, -0.05) is 24.3 Å². The summed E-state index contributed by atoms with van der Waals surface area (Å²) in [5.41, 5.74) is 3.70. The Morgan fingerprint density at radius 1 is 1.06 bits per heavy atom. The lowest BCUT2D eigenvalue weighted by atomic mass is 10.2. The zero-order valence-corrected chi connectivity index (χ0v) is 9.47. The van der Waals surface area contributed by atoms with Gasteiger partial charge < -0.3 is 4.98 Å². The number of imidazole rings is 1. The average molecular weight is 224 g/mol. The summed E-state index contributed by atoms with van der Waals surface area (Å²) in [5, 5.41) is 0. The Balaban J connectivity index is 2.37. The molecule has 0 fully saturated rings. The van der Waals surface area contributed by atoms with Crippen LogP contribution in [0.15, 0.2) is 53.3 Å². The maximum absolute atomic E-state index is 12.0. The number of hydrogen-bond acceptors (Lipinski definition) is 1. The molecule has 1 aromatic heterocycles. The Kier molecular flexibility index (Phi) is 2.11. The summed E-state index contributed by atoms with van der Waals surface area (Å²) in [7, 11) is 0. The van der Waals surface area contributed by atoms with E-state index in [0.29, 0.717) is 0 Å². The molecule has 1 heterocycles. The van der Waals surface area contributed by atoms with Gasteiger partial charge in [-0.2, -0.15) is 0 Å².